The van der Waals surface area contributed by atoms with Gasteiger partial charge >= 0.3 is 0 Å². The first kappa shape index (κ1) is 32.5. The van der Waals surface area contributed by atoms with Gasteiger partial charge in [0, 0.05) is 18.1 Å². The molecule has 0 aliphatic rings. The van der Waals surface area contributed by atoms with Gasteiger partial charge in [0.15, 0.2) is 0 Å². The van der Waals surface area contributed by atoms with Gasteiger partial charge in [-0.25, -0.2) is 0 Å². The van der Waals surface area contributed by atoms with E-state index in [2.05, 4.69) is 176 Å². The van der Waals surface area contributed by atoms with Crippen molar-refractivity contribution in [2.75, 3.05) is 0 Å². The highest BCUT2D eigenvalue weighted by atomic mass is 28.4. The Balaban J connectivity index is 1.71. The van der Waals surface area contributed by atoms with Crippen molar-refractivity contribution in [2.45, 2.75) is 83.8 Å². The van der Waals surface area contributed by atoms with Crippen LogP contribution in [-0.4, -0.2) is 8.32 Å². The molecule has 0 saturated heterocycles. The van der Waals surface area contributed by atoms with Crippen LogP contribution >= 0.6 is 0 Å². The van der Waals surface area contributed by atoms with E-state index in [1.807, 2.05) is 0 Å². The summed E-state index contributed by atoms with van der Waals surface area (Å²) >= 11 is 0. The van der Waals surface area contributed by atoms with Crippen molar-refractivity contribution in [3.8, 4) is 5.75 Å². The minimum absolute atomic E-state index is 0.0923. The Morgan fingerprint density at radius 2 is 0.844 bits per heavy atom. The number of hydrogen-bond donors (Lipinski definition) is 0. The molecular formula is C43H50OSi. The van der Waals surface area contributed by atoms with Crippen LogP contribution in [0.2, 0.25) is 0 Å². The molecule has 0 aliphatic carbocycles. The third kappa shape index (κ3) is 8.64. The van der Waals surface area contributed by atoms with Crippen LogP contribution in [0, 0.1) is 6.92 Å². The fourth-order valence-electron chi connectivity index (χ4n) is 6.37. The molecule has 0 saturated carbocycles. The molecule has 0 N–H and O–H groups in total. The van der Waals surface area contributed by atoms with Crippen molar-refractivity contribution in [2.24, 2.45) is 0 Å². The molecule has 5 aromatic rings. The fraction of sp³-hybridized carbons (Fsp3) is 0.302. The third-order valence-electron chi connectivity index (χ3n) is 8.72. The molecule has 232 valence electrons. The Kier molecular flexibility index (Phi) is 9.84. The largest absolute Gasteiger partial charge is 0.542 e. The predicted molar refractivity (Wildman–Crippen MR) is 195 cm³/mol. The van der Waals surface area contributed by atoms with Crippen LogP contribution in [0.5, 0.6) is 5.75 Å². The molecular weight excluding hydrogens is 561 g/mol. The molecule has 0 aliphatic heterocycles. The van der Waals surface area contributed by atoms with Crippen LogP contribution < -0.4 is 4.43 Å². The van der Waals surface area contributed by atoms with Gasteiger partial charge < -0.3 is 4.43 Å². The van der Waals surface area contributed by atoms with Gasteiger partial charge in [-0.2, -0.15) is 0 Å². The van der Waals surface area contributed by atoms with Gasteiger partial charge in [-0.15, -0.1) is 0 Å². The molecule has 45 heavy (non-hydrogen) atoms. The minimum Gasteiger partial charge on any atom is -0.542 e. The molecule has 0 atom stereocenters. The SMILES string of the molecule is Cc1ccc(Cc2cc(C(C)(C)C)c(O[Si](Cc3ccccc3)(Cc3ccccc3)Cc3ccccc3)c(C(C)(C)C)c2)cc1. The smallest absolute Gasteiger partial charge is 0.264 e. The standard InChI is InChI=1S/C43H50OSi/c1-33-23-25-34(26-24-33)27-38-28-39(42(2,3)4)41(40(29-38)43(5,6)7)44-45(30-35-17-11-8-12-18-35,31-36-19-13-9-14-20-36)32-37-21-15-10-16-22-37/h8-26,28-29H,27,30-32H2,1-7H3. The monoisotopic (exact) mass is 610 g/mol. The Bertz CT molecular complexity index is 1520. The van der Waals surface area contributed by atoms with E-state index in [0.29, 0.717) is 0 Å². The van der Waals surface area contributed by atoms with E-state index in [1.165, 1.54) is 44.5 Å². The molecule has 0 unspecified atom stereocenters. The van der Waals surface area contributed by atoms with Crippen molar-refractivity contribution >= 4 is 8.32 Å². The molecule has 0 aromatic heterocycles. The van der Waals surface area contributed by atoms with Crippen LogP contribution in [-0.2, 0) is 35.4 Å². The molecule has 0 spiro atoms. The zero-order valence-corrected chi connectivity index (χ0v) is 29.4. The fourth-order valence-corrected chi connectivity index (χ4v) is 10.6. The quantitative estimate of drug-likeness (QED) is 0.143. The van der Waals surface area contributed by atoms with Crippen LogP contribution in [0.15, 0.2) is 127 Å². The average molecular weight is 611 g/mol. The van der Waals surface area contributed by atoms with Gasteiger partial charge in [0.1, 0.15) is 5.75 Å². The number of rotatable bonds is 10. The first-order chi connectivity index (χ1) is 21.4. The maximum atomic E-state index is 7.89. The summed E-state index contributed by atoms with van der Waals surface area (Å²) in [6.45, 7) is 16.2. The summed E-state index contributed by atoms with van der Waals surface area (Å²) < 4.78 is 7.89. The lowest BCUT2D eigenvalue weighted by atomic mass is 9.78. The molecule has 0 amide bonds. The maximum absolute atomic E-state index is 7.89. The second kappa shape index (κ2) is 13.6. The Morgan fingerprint density at radius 3 is 1.20 bits per heavy atom. The van der Waals surface area contributed by atoms with Crippen molar-refractivity contribution in [1.29, 1.82) is 0 Å². The molecule has 1 nitrogen and oxygen atoms in total. The number of benzene rings is 5. The van der Waals surface area contributed by atoms with Gasteiger partial charge in [-0.3, -0.25) is 0 Å². The van der Waals surface area contributed by atoms with Gasteiger partial charge in [0.25, 0.3) is 8.32 Å². The summed E-state index contributed by atoms with van der Waals surface area (Å²) in [7, 11) is -2.58. The summed E-state index contributed by atoms with van der Waals surface area (Å²) in [6.07, 6.45) is 0.910. The topological polar surface area (TPSA) is 9.23 Å². The summed E-state index contributed by atoms with van der Waals surface area (Å²) in [5.74, 6) is 1.11. The molecule has 0 heterocycles. The van der Waals surface area contributed by atoms with Gasteiger partial charge in [0.2, 0.25) is 0 Å². The van der Waals surface area contributed by atoms with E-state index in [1.54, 1.807) is 0 Å². The maximum Gasteiger partial charge on any atom is 0.264 e. The summed E-state index contributed by atoms with van der Waals surface area (Å²) in [5, 5.41) is 0. The van der Waals surface area contributed by atoms with E-state index in [4.69, 9.17) is 4.43 Å². The highest BCUT2D eigenvalue weighted by Gasteiger charge is 2.41. The van der Waals surface area contributed by atoms with Gasteiger partial charge in [-0.05, 0) is 63.1 Å². The van der Waals surface area contributed by atoms with E-state index >= 15 is 0 Å². The van der Waals surface area contributed by atoms with Crippen molar-refractivity contribution in [3.05, 3.63) is 172 Å². The zero-order valence-electron chi connectivity index (χ0n) is 28.4. The number of aryl methyl sites for hydroxylation is 1. The van der Waals surface area contributed by atoms with E-state index in [-0.39, 0.29) is 10.8 Å². The van der Waals surface area contributed by atoms with Crippen LogP contribution in [0.3, 0.4) is 0 Å². The molecule has 2 heteroatoms. The van der Waals surface area contributed by atoms with Crippen LogP contribution in [0.25, 0.3) is 0 Å². The third-order valence-corrected chi connectivity index (χ3v) is 12.5. The second-order valence-corrected chi connectivity index (χ2v) is 18.6. The van der Waals surface area contributed by atoms with Crippen LogP contribution in [0.1, 0.15) is 86.1 Å². The average Bonchev–Trinajstić information content (AvgIpc) is 2.99. The van der Waals surface area contributed by atoms with Crippen molar-refractivity contribution in [3.63, 3.8) is 0 Å². The molecule has 5 aromatic carbocycles. The Hall–Kier alpha value is -3.88. The molecule has 0 fully saturated rings. The first-order valence-corrected chi connectivity index (χ1v) is 19.0. The lowest BCUT2D eigenvalue weighted by Gasteiger charge is -2.39. The minimum atomic E-state index is -2.58. The van der Waals surface area contributed by atoms with Crippen molar-refractivity contribution < 1.29 is 4.43 Å². The van der Waals surface area contributed by atoms with Gasteiger partial charge in [0.05, 0.1) is 0 Å². The van der Waals surface area contributed by atoms with E-state index < -0.39 is 8.32 Å². The molecule has 0 radical (unpaired) electrons. The second-order valence-electron chi connectivity index (χ2n) is 15.0. The summed E-state index contributed by atoms with van der Waals surface area (Å²) in [4.78, 5) is 0. The predicted octanol–water partition coefficient (Wildman–Crippen LogP) is 10.9. The Morgan fingerprint density at radius 1 is 0.467 bits per heavy atom. The zero-order chi connectivity index (χ0) is 32.1. The Labute approximate surface area is 273 Å². The lowest BCUT2D eigenvalue weighted by molar-refractivity contribution is 0.461. The highest BCUT2D eigenvalue weighted by Crippen LogP contribution is 2.43. The normalized spacial score (nSPS) is 12.2. The van der Waals surface area contributed by atoms with E-state index in [9.17, 15) is 0 Å². The van der Waals surface area contributed by atoms with Crippen molar-refractivity contribution in [1.82, 2.24) is 0 Å². The summed E-state index contributed by atoms with van der Waals surface area (Å²) in [5.41, 5.74) is 10.5. The molecule has 0 bridgehead atoms. The number of hydrogen-bond acceptors (Lipinski definition) is 1. The molecule has 5 rings (SSSR count). The van der Waals surface area contributed by atoms with Crippen LogP contribution in [0.4, 0.5) is 0 Å². The highest BCUT2D eigenvalue weighted by molar-refractivity contribution is 6.73. The first-order valence-electron chi connectivity index (χ1n) is 16.4. The summed E-state index contributed by atoms with van der Waals surface area (Å²) in [6, 6.07) is 49.7. The van der Waals surface area contributed by atoms with E-state index in [0.717, 1.165) is 30.3 Å². The lowest BCUT2D eigenvalue weighted by Crippen LogP contribution is -2.51. The van der Waals surface area contributed by atoms with Gasteiger partial charge in [-0.1, -0.05) is 174 Å².